The van der Waals surface area contributed by atoms with Gasteiger partial charge in [-0.25, -0.2) is 0 Å². The number of nitro groups is 1. The van der Waals surface area contributed by atoms with Gasteiger partial charge in [-0.1, -0.05) is 24.3 Å². The predicted octanol–water partition coefficient (Wildman–Crippen LogP) is 3.72. The van der Waals surface area contributed by atoms with Crippen LogP contribution in [0.2, 0.25) is 0 Å². The van der Waals surface area contributed by atoms with Crippen molar-refractivity contribution >= 4 is 23.2 Å². The van der Waals surface area contributed by atoms with Crippen molar-refractivity contribution < 1.29 is 14.5 Å². The minimum atomic E-state index is -1.07. The normalized spacial score (nSPS) is 11.4. The van der Waals surface area contributed by atoms with Crippen LogP contribution in [0.3, 0.4) is 0 Å². The molecule has 8 heteroatoms. The maximum atomic E-state index is 13.1. The molecule has 0 bridgehead atoms. The van der Waals surface area contributed by atoms with Crippen molar-refractivity contribution in [1.82, 2.24) is 10.3 Å². The Morgan fingerprint density at radius 1 is 0.967 bits per heavy atom. The highest BCUT2D eigenvalue weighted by atomic mass is 16.6. The second-order valence-electron chi connectivity index (χ2n) is 6.73. The van der Waals surface area contributed by atoms with Crippen LogP contribution in [0.1, 0.15) is 33.2 Å². The van der Waals surface area contributed by atoms with Gasteiger partial charge in [0.05, 0.1) is 4.92 Å². The Bertz CT molecular complexity index is 1060. The van der Waals surface area contributed by atoms with Gasteiger partial charge in [-0.2, -0.15) is 0 Å². The van der Waals surface area contributed by atoms with E-state index in [-0.39, 0.29) is 11.4 Å². The average molecular weight is 404 g/mol. The van der Waals surface area contributed by atoms with E-state index in [1.165, 1.54) is 36.5 Å². The molecule has 0 saturated heterocycles. The van der Waals surface area contributed by atoms with Crippen LogP contribution in [0, 0.1) is 24.0 Å². The van der Waals surface area contributed by atoms with Crippen LogP contribution in [0.4, 0.5) is 11.4 Å². The van der Waals surface area contributed by atoms with E-state index in [0.29, 0.717) is 11.3 Å². The molecule has 1 heterocycles. The monoisotopic (exact) mass is 404 g/mol. The molecule has 1 aromatic heterocycles. The van der Waals surface area contributed by atoms with Crippen molar-refractivity contribution in [2.24, 2.45) is 0 Å². The molecule has 2 amide bonds. The molecule has 0 unspecified atom stereocenters. The molecule has 0 fully saturated rings. The third-order valence-electron chi connectivity index (χ3n) is 4.60. The minimum absolute atomic E-state index is 0.108. The van der Waals surface area contributed by atoms with Gasteiger partial charge in [0.1, 0.15) is 11.7 Å². The van der Waals surface area contributed by atoms with Gasteiger partial charge in [0.25, 0.3) is 17.5 Å². The zero-order valence-electron chi connectivity index (χ0n) is 16.5. The van der Waals surface area contributed by atoms with Crippen molar-refractivity contribution in [3.8, 4) is 0 Å². The first-order chi connectivity index (χ1) is 14.4. The van der Waals surface area contributed by atoms with Crippen LogP contribution in [0.5, 0.6) is 0 Å². The Hall–Kier alpha value is -4.07. The molecule has 0 aliphatic rings. The van der Waals surface area contributed by atoms with Crippen molar-refractivity contribution in [3.05, 3.63) is 99.4 Å². The summed E-state index contributed by atoms with van der Waals surface area (Å²) in [5, 5.41) is 16.5. The molecule has 0 aliphatic carbocycles. The molecule has 3 rings (SSSR count). The van der Waals surface area contributed by atoms with Gasteiger partial charge in [-0.3, -0.25) is 24.7 Å². The predicted molar refractivity (Wildman–Crippen MR) is 112 cm³/mol. The molecule has 0 saturated carbocycles. The molecule has 3 aromatic rings. The lowest BCUT2D eigenvalue weighted by atomic mass is 10.0. The Labute approximate surface area is 173 Å². The van der Waals surface area contributed by atoms with Gasteiger partial charge in [-0.15, -0.1) is 0 Å². The van der Waals surface area contributed by atoms with Gasteiger partial charge in [0.2, 0.25) is 0 Å². The zero-order chi connectivity index (χ0) is 21.7. The van der Waals surface area contributed by atoms with Gasteiger partial charge in [0, 0.05) is 24.0 Å². The summed E-state index contributed by atoms with van der Waals surface area (Å²) in [6, 6.07) is 14.9. The highest BCUT2D eigenvalue weighted by Crippen LogP contribution is 2.24. The van der Waals surface area contributed by atoms with Gasteiger partial charge >= 0.3 is 0 Å². The number of nitro benzene ring substituents is 1. The van der Waals surface area contributed by atoms with E-state index < -0.39 is 22.8 Å². The van der Waals surface area contributed by atoms with E-state index in [9.17, 15) is 19.7 Å². The molecular weight excluding hydrogens is 384 g/mol. The molecule has 152 valence electrons. The lowest BCUT2D eigenvalue weighted by molar-refractivity contribution is -0.384. The highest BCUT2D eigenvalue weighted by molar-refractivity contribution is 6.01. The number of amides is 2. The fraction of sp³-hybridized carbons (Fsp3) is 0.136. The minimum Gasteiger partial charge on any atom is -0.335 e. The number of hydrogen-bond donors (Lipinski definition) is 2. The summed E-state index contributed by atoms with van der Waals surface area (Å²) in [5.41, 5.74) is 2.87. The molecule has 30 heavy (non-hydrogen) atoms. The van der Waals surface area contributed by atoms with Crippen molar-refractivity contribution in [2.45, 2.75) is 19.9 Å². The van der Waals surface area contributed by atoms with E-state index in [0.717, 1.165) is 11.1 Å². The molecule has 0 spiro atoms. The third-order valence-corrected chi connectivity index (χ3v) is 4.60. The number of nitrogens with one attached hydrogen (secondary N) is 2. The van der Waals surface area contributed by atoms with Crippen molar-refractivity contribution in [1.29, 1.82) is 0 Å². The molecule has 1 atom stereocenters. The number of carbonyl (C=O) groups is 2. The number of hydrogen-bond acceptors (Lipinski definition) is 5. The maximum Gasteiger partial charge on any atom is 0.270 e. The third kappa shape index (κ3) is 4.67. The van der Waals surface area contributed by atoms with E-state index in [1.54, 1.807) is 12.1 Å². The number of aromatic nitrogens is 1. The largest absolute Gasteiger partial charge is 0.335 e. The van der Waals surface area contributed by atoms with Crippen LogP contribution in [-0.2, 0) is 4.79 Å². The molecule has 8 nitrogen and oxygen atoms in total. The second-order valence-corrected chi connectivity index (χ2v) is 6.73. The summed E-state index contributed by atoms with van der Waals surface area (Å²) in [4.78, 5) is 40.2. The number of non-ortho nitro benzene ring substituents is 1. The molecule has 2 N–H and O–H groups in total. The van der Waals surface area contributed by atoms with Gasteiger partial charge < -0.3 is 10.6 Å². The fourth-order valence-electron chi connectivity index (χ4n) is 3.00. The van der Waals surface area contributed by atoms with Crippen LogP contribution in [0.25, 0.3) is 0 Å². The first-order valence-electron chi connectivity index (χ1n) is 9.20. The first kappa shape index (κ1) is 20.7. The SMILES string of the molecule is Cc1cccc(C)c1NC(=O)[C@H](NC(=O)c1ccccn1)c1ccc([N+](=O)[O-])cc1. The summed E-state index contributed by atoms with van der Waals surface area (Å²) in [5.74, 6) is -0.999. The molecule has 0 radical (unpaired) electrons. The topological polar surface area (TPSA) is 114 Å². The Morgan fingerprint density at radius 2 is 1.63 bits per heavy atom. The number of rotatable bonds is 6. The van der Waals surface area contributed by atoms with E-state index in [2.05, 4.69) is 15.6 Å². The molecule has 2 aromatic carbocycles. The van der Waals surface area contributed by atoms with E-state index >= 15 is 0 Å². The molecule has 0 aliphatic heterocycles. The van der Waals surface area contributed by atoms with E-state index in [4.69, 9.17) is 0 Å². The van der Waals surface area contributed by atoms with Crippen LogP contribution < -0.4 is 10.6 Å². The maximum absolute atomic E-state index is 13.1. The Kier molecular flexibility index (Phi) is 6.17. The second kappa shape index (κ2) is 8.95. The summed E-state index contributed by atoms with van der Waals surface area (Å²) < 4.78 is 0. The number of para-hydroxylation sites is 1. The number of carbonyl (C=O) groups excluding carboxylic acids is 2. The van der Waals surface area contributed by atoms with Crippen LogP contribution >= 0.6 is 0 Å². The number of anilines is 1. The number of aryl methyl sites for hydroxylation is 2. The summed E-state index contributed by atoms with van der Waals surface area (Å²) in [6.45, 7) is 3.74. The van der Waals surface area contributed by atoms with Crippen LogP contribution in [0.15, 0.2) is 66.9 Å². The number of pyridine rings is 1. The average Bonchev–Trinajstić information content (AvgIpc) is 2.75. The standard InChI is InChI=1S/C22H20N4O4/c1-14-6-5-7-15(2)19(14)24-22(28)20(16-9-11-17(12-10-16)26(29)30)25-21(27)18-8-3-4-13-23-18/h3-13,20H,1-2H3,(H,24,28)(H,25,27)/t20-/m1/s1. The van der Waals surface area contributed by atoms with Crippen LogP contribution in [-0.4, -0.2) is 21.7 Å². The van der Waals surface area contributed by atoms with Gasteiger partial charge in [0.15, 0.2) is 0 Å². The van der Waals surface area contributed by atoms with Gasteiger partial charge in [-0.05, 0) is 54.8 Å². The number of benzene rings is 2. The first-order valence-corrected chi connectivity index (χ1v) is 9.20. The Morgan fingerprint density at radius 3 is 2.20 bits per heavy atom. The summed E-state index contributed by atoms with van der Waals surface area (Å²) in [7, 11) is 0. The lowest BCUT2D eigenvalue weighted by Crippen LogP contribution is -2.37. The zero-order valence-corrected chi connectivity index (χ0v) is 16.5. The summed E-state index contributed by atoms with van der Waals surface area (Å²) >= 11 is 0. The quantitative estimate of drug-likeness (QED) is 0.480. The Balaban J connectivity index is 1.92. The lowest BCUT2D eigenvalue weighted by Gasteiger charge is -2.20. The molecular formula is C22H20N4O4. The van der Waals surface area contributed by atoms with Crippen molar-refractivity contribution in [2.75, 3.05) is 5.32 Å². The fourth-order valence-corrected chi connectivity index (χ4v) is 3.00. The summed E-state index contributed by atoms with van der Waals surface area (Å²) in [6.07, 6.45) is 1.48. The smallest absolute Gasteiger partial charge is 0.270 e. The number of nitrogens with zero attached hydrogens (tertiary/aromatic N) is 2. The highest BCUT2D eigenvalue weighted by Gasteiger charge is 2.25. The van der Waals surface area contributed by atoms with Crippen molar-refractivity contribution in [3.63, 3.8) is 0 Å². The van der Waals surface area contributed by atoms with E-state index in [1.807, 2.05) is 32.0 Å².